The zero-order chi connectivity index (χ0) is 18.7. The molecule has 1 heterocycles. The molecule has 2 aromatic carbocycles. The maximum absolute atomic E-state index is 13.2. The first-order valence-corrected chi connectivity index (χ1v) is 10.3. The smallest absolute Gasteiger partial charge is 0.226 e. The molecule has 0 saturated heterocycles. The van der Waals surface area contributed by atoms with Gasteiger partial charge >= 0.3 is 0 Å². The van der Waals surface area contributed by atoms with Gasteiger partial charge in [0.25, 0.3) is 0 Å². The van der Waals surface area contributed by atoms with Crippen LogP contribution in [0.25, 0.3) is 10.2 Å². The minimum atomic E-state index is -0.337. The van der Waals surface area contributed by atoms with Crippen LogP contribution in [-0.4, -0.2) is 18.0 Å². The normalized spacial score (nSPS) is 15.7. The maximum Gasteiger partial charge on any atom is 0.226 e. The van der Waals surface area contributed by atoms with Crippen molar-refractivity contribution in [1.82, 2.24) is 10.3 Å². The number of nitrogens with one attached hydrogen (secondary N) is 1. The van der Waals surface area contributed by atoms with Crippen molar-refractivity contribution in [2.75, 3.05) is 7.11 Å². The zero-order valence-electron chi connectivity index (χ0n) is 15.5. The first-order chi connectivity index (χ1) is 13.2. The summed E-state index contributed by atoms with van der Waals surface area (Å²) in [4.78, 5) is 18.0. The number of carbonyl (C=O) groups excluding carboxylic acids is 1. The zero-order valence-corrected chi connectivity index (χ0v) is 16.3. The third-order valence-corrected chi connectivity index (χ3v) is 6.54. The molecule has 1 fully saturated rings. The molecule has 4 rings (SSSR count). The highest BCUT2D eigenvalue weighted by Crippen LogP contribution is 2.42. The minimum absolute atomic E-state index is 0.144. The molecule has 27 heavy (non-hydrogen) atoms. The van der Waals surface area contributed by atoms with Crippen LogP contribution in [0.2, 0.25) is 0 Å². The summed E-state index contributed by atoms with van der Waals surface area (Å²) in [7, 11) is 1.66. The Morgan fingerprint density at radius 3 is 2.67 bits per heavy atom. The lowest BCUT2D eigenvalue weighted by molar-refractivity contribution is -0.131. The largest absolute Gasteiger partial charge is 0.496 e. The lowest BCUT2D eigenvalue weighted by Gasteiger charge is -2.27. The highest BCUT2D eigenvalue weighted by Gasteiger charge is 2.41. The topological polar surface area (TPSA) is 51.2 Å². The Morgan fingerprint density at radius 2 is 1.89 bits per heavy atom. The van der Waals surface area contributed by atoms with Gasteiger partial charge in [0.2, 0.25) is 5.91 Å². The number of carbonyl (C=O) groups is 1. The van der Waals surface area contributed by atoms with Crippen LogP contribution in [0.5, 0.6) is 5.75 Å². The predicted octanol–water partition coefficient (Wildman–Crippen LogP) is 4.72. The Hall–Kier alpha value is -2.40. The molecule has 1 amide bonds. The quantitative estimate of drug-likeness (QED) is 0.673. The third-order valence-electron chi connectivity index (χ3n) is 5.50. The number of methoxy groups -OCH3 is 1. The molecule has 1 saturated carbocycles. The number of ether oxygens (including phenoxy) is 1. The highest BCUT2D eigenvalue weighted by atomic mass is 32.1. The third kappa shape index (κ3) is 3.69. The van der Waals surface area contributed by atoms with Gasteiger partial charge in [0.1, 0.15) is 5.75 Å². The molecule has 0 bridgehead atoms. The van der Waals surface area contributed by atoms with E-state index < -0.39 is 0 Å². The average molecular weight is 381 g/mol. The second kappa shape index (κ2) is 7.69. The van der Waals surface area contributed by atoms with Crippen molar-refractivity contribution in [2.24, 2.45) is 5.41 Å². The van der Waals surface area contributed by atoms with Crippen LogP contribution in [0.15, 0.2) is 48.5 Å². The summed E-state index contributed by atoms with van der Waals surface area (Å²) in [5.41, 5.74) is 1.69. The number of para-hydroxylation sites is 2. The van der Waals surface area contributed by atoms with Crippen molar-refractivity contribution in [3.8, 4) is 5.75 Å². The van der Waals surface area contributed by atoms with Crippen molar-refractivity contribution < 1.29 is 9.53 Å². The van der Waals surface area contributed by atoms with E-state index in [-0.39, 0.29) is 11.3 Å². The Bertz CT molecular complexity index is 911. The van der Waals surface area contributed by atoms with Crippen LogP contribution in [-0.2, 0) is 17.8 Å². The van der Waals surface area contributed by atoms with E-state index in [0.29, 0.717) is 6.54 Å². The molecule has 1 N–H and O–H groups in total. The van der Waals surface area contributed by atoms with E-state index in [1.54, 1.807) is 18.4 Å². The summed E-state index contributed by atoms with van der Waals surface area (Å²) in [6.45, 7) is 0.491. The van der Waals surface area contributed by atoms with Gasteiger partial charge in [0.05, 0.1) is 27.7 Å². The van der Waals surface area contributed by atoms with E-state index in [9.17, 15) is 4.79 Å². The number of rotatable bonds is 6. The molecular formula is C22H24N2O2S. The summed E-state index contributed by atoms with van der Waals surface area (Å²) in [5.74, 6) is 0.953. The standard InChI is InChI=1S/C22H24N2O2S/c1-26-18-10-4-2-8-16(18)15-23-21(25)22(12-6-7-13-22)14-20-24-17-9-3-5-11-19(17)27-20/h2-5,8-11H,6-7,12-15H2,1H3,(H,23,25). The minimum Gasteiger partial charge on any atom is -0.496 e. The van der Waals surface area contributed by atoms with Crippen molar-refractivity contribution in [3.63, 3.8) is 0 Å². The summed E-state index contributed by atoms with van der Waals surface area (Å²) >= 11 is 1.71. The van der Waals surface area contributed by atoms with Gasteiger partial charge in [-0.15, -0.1) is 11.3 Å². The fourth-order valence-electron chi connectivity index (χ4n) is 4.03. The Labute approximate surface area is 163 Å². The number of hydrogen-bond donors (Lipinski definition) is 1. The molecule has 0 radical (unpaired) electrons. The number of aromatic nitrogens is 1. The van der Waals surface area contributed by atoms with Crippen LogP contribution in [0.1, 0.15) is 36.3 Å². The van der Waals surface area contributed by atoms with E-state index in [0.717, 1.165) is 53.9 Å². The van der Waals surface area contributed by atoms with E-state index >= 15 is 0 Å². The Morgan fingerprint density at radius 1 is 1.15 bits per heavy atom. The molecule has 140 valence electrons. The Kier molecular flexibility index (Phi) is 5.12. The lowest BCUT2D eigenvalue weighted by atomic mass is 9.82. The monoisotopic (exact) mass is 380 g/mol. The number of thiazole rings is 1. The number of amides is 1. The van der Waals surface area contributed by atoms with Gasteiger partial charge < -0.3 is 10.1 Å². The molecule has 0 spiro atoms. The van der Waals surface area contributed by atoms with Gasteiger partial charge in [0.15, 0.2) is 0 Å². The molecule has 0 aliphatic heterocycles. The van der Waals surface area contributed by atoms with Gasteiger partial charge in [-0.25, -0.2) is 4.98 Å². The van der Waals surface area contributed by atoms with Crippen LogP contribution >= 0.6 is 11.3 Å². The average Bonchev–Trinajstić information content (AvgIpc) is 3.33. The first kappa shape index (κ1) is 18.0. The molecule has 4 nitrogen and oxygen atoms in total. The molecule has 0 unspecified atom stereocenters. The predicted molar refractivity (Wildman–Crippen MR) is 109 cm³/mol. The lowest BCUT2D eigenvalue weighted by Crippen LogP contribution is -2.40. The number of nitrogens with zero attached hydrogens (tertiary/aromatic N) is 1. The van der Waals surface area contributed by atoms with Crippen LogP contribution in [0.3, 0.4) is 0 Å². The van der Waals surface area contributed by atoms with E-state index in [2.05, 4.69) is 11.4 Å². The summed E-state index contributed by atoms with van der Waals surface area (Å²) < 4.78 is 6.59. The molecule has 0 atom stereocenters. The summed E-state index contributed by atoms with van der Waals surface area (Å²) in [6, 6.07) is 16.0. The molecular weight excluding hydrogens is 356 g/mol. The van der Waals surface area contributed by atoms with Gasteiger partial charge in [0, 0.05) is 18.5 Å². The maximum atomic E-state index is 13.2. The molecule has 5 heteroatoms. The number of hydrogen-bond acceptors (Lipinski definition) is 4. The van der Waals surface area contributed by atoms with Gasteiger partial charge in [-0.1, -0.05) is 43.2 Å². The second-order valence-electron chi connectivity index (χ2n) is 7.23. The van der Waals surface area contributed by atoms with Crippen molar-refractivity contribution in [2.45, 2.75) is 38.6 Å². The summed E-state index contributed by atoms with van der Waals surface area (Å²) in [6.07, 6.45) is 4.80. The van der Waals surface area contributed by atoms with Crippen molar-refractivity contribution >= 4 is 27.5 Å². The van der Waals surface area contributed by atoms with E-state index in [1.807, 2.05) is 42.5 Å². The number of benzene rings is 2. The van der Waals surface area contributed by atoms with Crippen LogP contribution < -0.4 is 10.1 Å². The highest BCUT2D eigenvalue weighted by molar-refractivity contribution is 7.18. The molecule has 3 aromatic rings. The second-order valence-corrected chi connectivity index (χ2v) is 8.35. The molecule has 1 aliphatic rings. The first-order valence-electron chi connectivity index (χ1n) is 9.45. The van der Waals surface area contributed by atoms with Gasteiger partial charge in [-0.2, -0.15) is 0 Å². The van der Waals surface area contributed by atoms with Gasteiger partial charge in [-0.05, 0) is 31.0 Å². The SMILES string of the molecule is COc1ccccc1CNC(=O)C1(Cc2nc3ccccc3s2)CCCC1. The fraction of sp³-hybridized carbons (Fsp3) is 0.364. The fourth-order valence-corrected chi connectivity index (χ4v) is 5.14. The van der Waals surface area contributed by atoms with Crippen LogP contribution in [0, 0.1) is 5.41 Å². The Balaban J connectivity index is 1.51. The van der Waals surface area contributed by atoms with E-state index in [4.69, 9.17) is 9.72 Å². The van der Waals surface area contributed by atoms with Crippen molar-refractivity contribution in [1.29, 1.82) is 0 Å². The molecule has 1 aromatic heterocycles. The van der Waals surface area contributed by atoms with Crippen LogP contribution in [0.4, 0.5) is 0 Å². The van der Waals surface area contributed by atoms with Gasteiger partial charge in [-0.3, -0.25) is 4.79 Å². The van der Waals surface area contributed by atoms with Crippen molar-refractivity contribution in [3.05, 3.63) is 59.1 Å². The summed E-state index contributed by atoms with van der Waals surface area (Å²) in [5, 5.41) is 4.23. The number of fused-ring (bicyclic) bond motifs is 1. The van der Waals surface area contributed by atoms with E-state index in [1.165, 1.54) is 4.70 Å². The molecule has 1 aliphatic carbocycles.